The Bertz CT molecular complexity index is 872. The lowest BCUT2D eigenvalue weighted by molar-refractivity contribution is -0.385. The maximum atomic E-state index is 12.7. The molecule has 0 unspecified atom stereocenters. The summed E-state index contributed by atoms with van der Waals surface area (Å²) in [4.78, 5) is 37.3. The Labute approximate surface area is 164 Å². The molecule has 0 aromatic heterocycles. The van der Waals surface area contributed by atoms with Crippen molar-refractivity contribution in [2.24, 2.45) is 0 Å². The van der Waals surface area contributed by atoms with Crippen molar-refractivity contribution in [3.05, 3.63) is 75.3 Å². The molecule has 1 amide bonds. The second-order valence-electron chi connectivity index (χ2n) is 7.44. The highest BCUT2D eigenvalue weighted by molar-refractivity contribution is 5.95. The predicted molar refractivity (Wildman–Crippen MR) is 105 cm³/mol. The average molecular weight is 384 g/mol. The van der Waals surface area contributed by atoms with Crippen molar-refractivity contribution in [3.8, 4) is 0 Å². The van der Waals surface area contributed by atoms with Gasteiger partial charge in [-0.2, -0.15) is 0 Å². The predicted octanol–water partition coefficient (Wildman–Crippen LogP) is 3.89. The lowest BCUT2D eigenvalue weighted by Crippen LogP contribution is -2.46. The molecule has 0 aliphatic carbocycles. The highest BCUT2D eigenvalue weighted by atomic mass is 16.6. The van der Waals surface area contributed by atoms with Gasteiger partial charge in [0.25, 0.3) is 11.6 Å². The SMILES string of the molecule is Cc1cccc(C(=O)OCC(=O)N(Cc2ccccc2)C(C)(C)C)c1[N+](=O)[O-]. The van der Waals surface area contributed by atoms with Gasteiger partial charge in [0.2, 0.25) is 0 Å². The number of rotatable bonds is 6. The number of esters is 1. The number of aryl methyl sites for hydroxylation is 1. The number of benzene rings is 2. The van der Waals surface area contributed by atoms with E-state index < -0.39 is 23.0 Å². The van der Waals surface area contributed by atoms with E-state index in [0.29, 0.717) is 12.1 Å². The topological polar surface area (TPSA) is 89.8 Å². The molecule has 0 fully saturated rings. The fourth-order valence-corrected chi connectivity index (χ4v) is 2.81. The van der Waals surface area contributed by atoms with Crippen LogP contribution in [0.3, 0.4) is 0 Å². The average Bonchev–Trinajstić information content (AvgIpc) is 2.63. The lowest BCUT2D eigenvalue weighted by Gasteiger charge is -2.35. The zero-order valence-corrected chi connectivity index (χ0v) is 16.5. The molecule has 0 N–H and O–H groups in total. The summed E-state index contributed by atoms with van der Waals surface area (Å²) in [5.74, 6) is -1.27. The smallest absolute Gasteiger partial charge is 0.345 e. The van der Waals surface area contributed by atoms with Crippen LogP contribution in [0.15, 0.2) is 48.5 Å². The Morgan fingerprint density at radius 1 is 1.07 bits per heavy atom. The van der Waals surface area contributed by atoms with E-state index in [1.807, 2.05) is 51.1 Å². The van der Waals surface area contributed by atoms with E-state index in [0.717, 1.165) is 5.56 Å². The summed E-state index contributed by atoms with van der Waals surface area (Å²) in [5, 5.41) is 11.3. The number of para-hydroxylation sites is 1. The first-order chi connectivity index (χ1) is 13.1. The highest BCUT2D eigenvalue weighted by Crippen LogP contribution is 2.24. The van der Waals surface area contributed by atoms with Crippen LogP contribution in [0.1, 0.15) is 42.3 Å². The van der Waals surface area contributed by atoms with Crippen LogP contribution in [-0.2, 0) is 16.1 Å². The van der Waals surface area contributed by atoms with Crippen LogP contribution in [0.5, 0.6) is 0 Å². The molecule has 0 bridgehead atoms. The maximum absolute atomic E-state index is 12.7. The van der Waals surface area contributed by atoms with Crippen molar-refractivity contribution in [2.45, 2.75) is 39.8 Å². The Morgan fingerprint density at radius 3 is 2.29 bits per heavy atom. The Hall–Kier alpha value is -3.22. The van der Waals surface area contributed by atoms with Gasteiger partial charge in [0, 0.05) is 17.6 Å². The number of carbonyl (C=O) groups is 2. The van der Waals surface area contributed by atoms with E-state index in [1.54, 1.807) is 17.9 Å². The summed E-state index contributed by atoms with van der Waals surface area (Å²) < 4.78 is 5.11. The van der Waals surface area contributed by atoms with Crippen molar-refractivity contribution in [2.75, 3.05) is 6.61 Å². The lowest BCUT2D eigenvalue weighted by atomic mass is 10.0. The van der Waals surface area contributed by atoms with Crippen LogP contribution in [0.4, 0.5) is 5.69 Å². The monoisotopic (exact) mass is 384 g/mol. The van der Waals surface area contributed by atoms with Crippen LogP contribution >= 0.6 is 0 Å². The van der Waals surface area contributed by atoms with Gasteiger partial charge >= 0.3 is 5.97 Å². The molecule has 7 nitrogen and oxygen atoms in total. The summed E-state index contributed by atoms with van der Waals surface area (Å²) in [7, 11) is 0. The molecule has 7 heteroatoms. The van der Waals surface area contributed by atoms with Crippen molar-refractivity contribution in [1.29, 1.82) is 0 Å². The molecular formula is C21H24N2O5. The van der Waals surface area contributed by atoms with Crippen molar-refractivity contribution < 1.29 is 19.2 Å². The molecule has 28 heavy (non-hydrogen) atoms. The molecule has 0 aliphatic heterocycles. The van der Waals surface area contributed by atoms with Crippen molar-refractivity contribution in [3.63, 3.8) is 0 Å². The summed E-state index contributed by atoms with van der Waals surface area (Å²) >= 11 is 0. The molecule has 0 radical (unpaired) electrons. The molecular weight excluding hydrogens is 360 g/mol. The number of nitro benzene ring substituents is 1. The normalized spacial score (nSPS) is 11.0. The second kappa shape index (κ2) is 8.65. The first-order valence-electron chi connectivity index (χ1n) is 8.87. The number of nitro groups is 1. The summed E-state index contributed by atoms with van der Waals surface area (Å²) in [6.45, 7) is 7.09. The van der Waals surface area contributed by atoms with E-state index in [-0.39, 0.29) is 17.2 Å². The van der Waals surface area contributed by atoms with Crippen LogP contribution in [0.25, 0.3) is 0 Å². The first-order valence-corrected chi connectivity index (χ1v) is 8.87. The van der Waals surface area contributed by atoms with Crippen LogP contribution in [0, 0.1) is 17.0 Å². The highest BCUT2D eigenvalue weighted by Gasteiger charge is 2.29. The van der Waals surface area contributed by atoms with Gasteiger partial charge in [-0.25, -0.2) is 4.79 Å². The van der Waals surface area contributed by atoms with Crippen molar-refractivity contribution >= 4 is 17.6 Å². The third-order valence-corrected chi connectivity index (χ3v) is 4.26. The fourth-order valence-electron chi connectivity index (χ4n) is 2.81. The minimum absolute atomic E-state index is 0.164. The van der Waals surface area contributed by atoms with E-state index in [1.165, 1.54) is 12.1 Å². The minimum Gasteiger partial charge on any atom is -0.452 e. The second-order valence-corrected chi connectivity index (χ2v) is 7.44. The number of carbonyl (C=O) groups excluding carboxylic acids is 2. The quantitative estimate of drug-likeness (QED) is 0.428. The minimum atomic E-state index is -0.891. The molecule has 0 saturated heterocycles. The van der Waals surface area contributed by atoms with E-state index in [9.17, 15) is 19.7 Å². The summed E-state index contributed by atoms with van der Waals surface area (Å²) in [5.41, 5.74) is 0.340. The summed E-state index contributed by atoms with van der Waals surface area (Å²) in [6.07, 6.45) is 0. The van der Waals surface area contributed by atoms with Crippen LogP contribution < -0.4 is 0 Å². The molecule has 2 aromatic carbocycles. The third-order valence-electron chi connectivity index (χ3n) is 4.26. The molecule has 148 valence electrons. The molecule has 0 saturated carbocycles. The van der Waals surface area contributed by atoms with Crippen LogP contribution in [-0.4, -0.2) is 33.8 Å². The fraction of sp³-hybridized carbons (Fsp3) is 0.333. The molecule has 0 heterocycles. The maximum Gasteiger partial charge on any atom is 0.345 e. The number of amides is 1. The Balaban J connectivity index is 2.14. The third kappa shape index (κ3) is 5.16. The molecule has 0 spiro atoms. The van der Waals surface area contributed by atoms with Crippen LogP contribution in [0.2, 0.25) is 0 Å². The molecule has 0 aliphatic rings. The molecule has 2 aromatic rings. The van der Waals surface area contributed by atoms with Crippen molar-refractivity contribution in [1.82, 2.24) is 4.90 Å². The van der Waals surface area contributed by atoms with Gasteiger partial charge < -0.3 is 9.64 Å². The van der Waals surface area contributed by atoms with Gasteiger partial charge in [-0.1, -0.05) is 42.5 Å². The number of ether oxygens (including phenoxy) is 1. The largest absolute Gasteiger partial charge is 0.452 e. The van der Waals surface area contributed by atoms with E-state index >= 15 is 0 Å². The number of nitrogens with zero attached hydrogens (tertiary/aromatic N) is 2. The molecule has 2 rings (SSSR count). The van der Waals surface area contributed by atoms with Gasteiger partial charge in [0.15, 0.2) is 6.61 Å². The van der Waals surface area contributed by atoms with Gasteiger partial charge in [-0.05, 0) is 39.3 Å². The Morgan fingerprint density at radius 2 is 1.71 bits per heavy atom. The number of hydrogen-bond donors (Lipinski definition) is 0. The summed E-state index contributed by atoms with van der Waals surface area (Å²) in [6, 6.07) is 13.9. The van der Waals surface area contributed by atoms with Gasteiger partial charge in [-0.15, -0.1) is 0 Å². The molecule has 0 atom stereocenters. The van der Waals surface area contributed by atoms with Gasteiger partial charge in [0.05, 0.1) is 4.92 Å². The first kappa shape index (κ1) is 21.1. The van der Waals surface area contributed by atoms with E-state index in [2.05, 4.69) is 0 Å². The van der Waals surface area contributed by atoms with E-state index in [4.69, 9.17) is 4.74 Å². The Kier molecular flexibility index (Phi) is 6.51. The zero-order valence-electron chi connectivity index (χ0n) is 16.5. The standard InChI is InChI=1S/C21H24N2O5/c1-15-9-8-12-17(19(15)23(26)27)20(25)28-14-18(24)22(21(2,3)4)13-16-10-6-5-7-11-16/h5-12H,13-14H2,1-4H3. The van der Waals surface area contributed by atoms with Gasteiger partial charge in [0.1, 0.15) is 5.56 Å². The van der Waals surface area contributed by atoms with Gasteiger partial charge in [-0.3, -0.25) is 14.9 Å². The zero-order chi connectivity index (χ0) is 20.9. The number of hydrogen-bond acceptors (Lipinski definition) is 5.